The average Bonchev–Trinajstić information content (AvgIpc) is 2.95. The van der Waals surface area contributed by atoms with Gasteiger partial charge in [-0.1, -0.05) is 11.6 Å². The van der Waals surface area contributed by atoms with Crippen LogP contribution >= 0.6 is 0 Å². The molecule has 2 unspecified atom stereocenters. The maximum absolute atomic E-state index is 12.1. The predicted octanol–water partition coefficient (Wildman–Crippen LogP) is 2.54. The highest BCUT2D eigenvalue weighted by Gasteiger charge is 2.18. The number of hydrogen-bond acceptors (Lipinski definition) is 4. The monoisotopic (exact) mass is 289 g/mol. The third kappa shape index (κ3) is 3.86. The van der Waals surface area contributed by atoms with E-state index in [2.05, 4.69) is 5.32 Å². The fraction of sp³-hybridized carbons (Fsp3) is 0.312. The van der Waals surface area contributed by atoms with Gasteiger partial charge in [-0.2, -0.15) is 0 Å². The molecule has 1 aromatic carbocycles. The fourth-order valence-electron chi connectivity index (χ4n) is 2.12. The minimum absolute atomic E-state index is 0.0584. The van der Waals surface area contributed by atoms with E-state index in [0.29, 0.717) is 12.2 Å². The highest BCUT2D eigenvalue weighted by Crippen LogP contribution is 2.20. The second-order valence-electron chi connectivity index (χ2n) is 5.16. The zero-order valence-corrected chi connectivity index (χ0v) is 12.0. The van der Waals surface area contributed by atoms with Crippen molar-refractivity contribution in [3.05, 3.63) is 53.5 Å². The minimum Gasteiger partial charge on any atom is -0.507 e. The molecule has 2 atom stereocenters. The molecule has 112 valence electrons. The van der Waals surface area contributed by atoms with E-state index < -0.39 is 6.10 Å². The van der Waals surface area contributed by atoms with Gasteiger partial charge in [-0.15, -0.1) is 0 Å². The summed E-state index contributed by atoms with van der Waals surface area (Å²) >= 11 is 0. The highest BCUT2D eigenvalue weighted by molar-refractivity contribution is 5.97. The van der Waals surface area contributed by atoms with E-state index in [1.807, 2.05) is 6.92 Å². The Kier molecular flexibility index (Phi) is 4.65. The molecule has 0 spiro atoms. The molecule has 0 saturated heterocycles. The summed E-state index contributed by atoms with van der Waals surface area (Å²) < 4.78 is 5.12. The number of phenols is 1. The average molecular weight is 289 g/mol. The van der Waals surface area contributed by atoms with Crippen LogP contribution in [0.25, 0.3) is 0 Å². The molecule has 1 amide bonds. The number of hydrogen-bond donors (Lipinski definition) is 3. The molecule has 0 radical (unpaired) electrons. The first-order valence-electron chi connectivity index (χ1n) is 6.79. The lowest BCUT2D eigenvalue weighted by atomic mass is 10.1. The highest BCUT2D eigenvalue weighted by atomic mass is 16.4. The molecule has 0 bridgehead atoms. The molecule has 0 fully saturated rings. The summed E-state index contributed by atoms with van der Waals surface area (Å²) in [6, 6.07) is 7.97. The maximum Gasteiger partial charge on any atom is 0.255 e. The van der Waals surface area contributed by atoms with Gasteiger partial charge in [-0.05, 0) is 38.1 Å². The van der Waals surface area contributed by atoms with Crippen LogP contribution in [0.3, 0.4) is 0 Å². The molecule has 1 aromatic heterocycles. The largest absolute Gasteiger partial charge is 0.507 e. The molecule has 3 N–H and O–H groups in total. The van der Waals surface area contributed by atoms with Crippen LogP contribution in [0.4, 0.5) is 0 Å². The molecule has 0 aliphatic rings. The van der Waals surface area contributed by atoms with Crippen LogP contribution in [0.1, 0.15) is 41.1 Å². The number of furan rings is 1. The number of aryl methyl sites for hydroxylation is 1. The summed E-state index contributed by atoms with van der Waals surface area (Å²) in [5.74, 6) is 0.0433. The van der Waals surface area contributed by atoms with Gasteiger partial charge in [0.15, 0.2) is 0 Å². The Balaban J connectivity index is 1.97. The van der Waals surface area contributed by atoms with E-state index >= 15 is 0 Å². The van der Waals surface area contributed by atoms with Crippen molar-refractivity contribution in [1.82, 2.24) is 5.32 Å². The van der Waals surface area contributed by atoms with Gasteiger partial charge >= 0.3 is 0 Å². The second kappa shape index (κ2) is 6.45. The molecule has 1 heterocycles. The van der Waals surface area contributed by atoms with Gasteiger partial charge < -0.3 is 19.9 Å². The SMILES string of the molecule is Cc1ccc(O)c(C(=O)NC(C)CC(O)c2ccco2)c1. The first-order chi connectivity index (χ1) is 9.97. The number of carbonyl (C=O) groups excluding carboxylic acids is 1. The fourth-order valence-corrected chi connectivity index (χ4v) is 2.12. The summed E-state index contributed by atoms with van der Waals surface area (Å²) in [5.41, 5.74) is 1.12. The first-order valence-corrected chi connectivity index (χ1v) is 6.79. The van der Waals surface area contributed by atoms with E-state index in [1.165, 1.54) is 12.3 Å². The summed E-state index contributed by atoms with van der Waals surface area (Å²) in [6.07, 6.45) is 1.04. The zero-order valence-electron chi connectivity index (χ0n) is 12.0. The van der Waals surface area contributed by atoms with Crippen molar-refractivity contribution in [3.63, 3.8) is 0 Å². The van der Waals surface area contributed by atoms with Gasteiger partial charge in [-0.25, -0.2) is 0 Å². The number of amides is 1. The van der Waals surface area contributed by atoms with Crippen LogP contribution in [0.5, 0.6) is 5.75 Å². The smallest absolute Gasteiger partial charge is 0.255 e. The lowest BCUT2D eigenvalue weighted by molar-refractivity contribution is 0.0900. The number of benzene rings is 1. The number of phenolic OH excluding ortho intramolecular Hbond substituents is 1. The zero-order chi connectivity index (χ0) is 15.4. The van der Waals surface area contributed by atoms with Crippen molar-refractivity contribution in [1.29, 1.82) is 0 Å². The Labute approximate surface area is 123 Å². The van der Waals surface area contributed by atoms with E-state index in [4.69, 9.17) is 4.42 Å². The van der Waals surface area contributed by atoms with Crippen molar-refractivity contribution in [2.75, 3.05) is 0 Å². The Morgan fingerprint density at radius 3 is 2.81 bits per heavy atom. The number of aromatic hydroxyl groups is 1. The van der Waals surface area contributed by atoms with E-state index in [9.17, 15) is 15.0 Å². The van der Waals surface area contributed by atoms with E-state index in [-0.39, 0.29) is 23.3 Å². The van der Waals surface area contributed by atoms with Crippen molar-refractivity contribution >= 4 is 5.91 Å². The molecular formula is C16H19NO4. The normalized spacial score (nSPS) is 13.7. The standard InChI is InChI=1S/C16H19NO4/c1-10-5-6-13(18)12(8-10)16(20)17-11(2)9-14(19)15-4-3-7-21-15/h3-8,11,14,18-19H,9H2,1-2H3,(H,17,20). The maximum atomic E-state index is 12.1. The van der Waals surface area contributed by atoms with Gasteiger partial charge in [0.25, 0.3) is 5.91 Å². The molecule has 21 heavy (non-hydrogen) atoms. The van der Waals surface area contributed by atoms with Crippen LogP contribution in [0.15, 0.2) is 41.0 Å². The Morgan fingerprint density at radius 2 is 2.14 bits per heavy atom. The molecular weight excluding hydrogens is 270 g/mol. The summed E-state index contributed by atoms with van der Waals surface area (Å²) in [4.78, 5) is 12.1. The third-order valence-corrected chi connectivity index (χ3v) is 3.22. The lowest BCUT2D eigenvalue weighted by Crippen LogP contribution is -2.33. The first kappa shape index (κ1) is 15.1. The topological polar surface area (TPSA) is 82.7 Å². The number of aliphatic hydroxyl groups excluding tert-OH is 1. The Hall–Kier alpha value is -2.27. The predicted molar refractivity (Wildman–Crippen MR) is 78.1 cm³/mol. The van der Waals surface area contributed by atoms with Gasteiger partial charge in [0.05, 0.1) is 11.8 Å². The number of nitrogens with one attached hydrogen (secondary N) is 1. The number of aliphatic hydroxyl groups is 1. The summed E-state index contributed by atoms with van der Waals surface area (Å²) in [5, 5.41) is 22.4. The summed E-state index contributed by atoms with van der Waals surface area (Å²) in [7, 11) is 0. The second-order valence-corrected chi connectivity index (χ2v) is 5.16. The quantitative estimate of drug-likeness (QED) is 0.790. The molecule has 2 aromatic rings. The lowest BCUT2D eigenvalue weighted by Gasteiger charge is -2.17. The molecule has 5 heteroatoms. The van der Waals surface area contributed by atoms with Gasteiger partial charge in [-0.3, -0.25) is 4.79 Å². The molecule has 5 nitrogen and oxygen atoms in total. The Morgan fingerprint density at radius 1 is 1.38 bits per heavy atom. The van der Waals surface area contributed by atoms with Gasteiger partial charge in [0.1, 0.15) is 17.6 Å². The van der Waals surface area contributed by atoms with Crippen LogP contribution in [0.2, 0.25) is 0 Å². The van der Waals surface area contributed by atoms with Crippen molar-refractivity contribution in [2.45, 2.75) is 32.4 Å². The van der Waals surface area contributed by atoms with Crippen LogP contribution in [-0.4, -0.2) is 22.2 Å². The van der Waals surface area contributed by atoms with Gasteiger partial charge in [0.2, 0.25) is 0 Å². The Bertz CT molecular complexity index is 607. The summed E-state index contributed by atoms with van der Waals surface area (Å²) in [6.45, 7) is 3.64. The molecule has 0 saturated carbocycles. The third-order valence-electron chi connectivity index (χ3n) is 3.22. The number of carbonyl (C=O) groups is 1. The molecule has 0 aliphatic heterocycles. The van der Waals surface area contributed by atoms with Crippen molar-refractivity contribution < 1.29 is 19.4 Å². The van der Waals surface area contributed by atoms with Crippen molar-refractivity contribution in [3.8, 4) is 5.75 Å². The van der Waals surface area contributed by atoms with Gasteiger partial charge in [0, 0.05) is 12.5 Å². The van der Waals surface area contributed by atoms with Crippen LogP contribution < -0.4 is 5.32 Å². The van der Waals surface area contributed by atoms with E-state index in [1.54, 1.807) is 31.2 Å². The van der Waals surface area contributed by atoms with Crippen LogP contribution in [-0.2, 0) is 0 Å². The van der Waals surface area contributed by atoms with Crippen LogP contribution in [0, 0.1) is 6.92 Å². The molecule has 0 aliphatic carbocycles. The molecule has 2 rings (SSSR count). The van der Waals surface area contributed by atoms with Crippen molar-refractivity contribution in [2.24, 2.45) is 0 Å². The minimum atomic E-state index is -0.776. The van der Waals surface area contributed by atoms with E-state index in [0.717, 1.165) is 5.56 Å². The number of rotatable bonds is 5.